The van der Waals surface area contributed by atoms with Gasteiger partial charge in [-0.1, -0.05) is 32.1 Å². The van der Waals surface area contributed by atoms with E-state index in [2.05, 4.69) is 15.5 Å². The third-order valence-corrected chi connectivity index (χ3v) is 2.24. The number of amides is 1. The zero-order valence-electron chi connectivity index (χ0n) is 7.59. The van der Waals surface area contributed by atoms with E-state index in [1.807, 2.05) is 20.8 Å². The summed E-state index contributed by atoms with van der Waals surface area (Å²) >= 11 is 6.70. The third kappa shape index (κ3) is 2.93. The number of nitrogens with one attached hydrogen (secondary N) is 1. The summed E-state index contributed by atoms with van der Waals surface area (Å²) in [6.45, 7) is 5.47. The highest BCUT2D eigenvalue weighted by Gasteiger charge is 2.22. The lowest BCUT2D eigenvalue weighted by Crippen LogP contribution is -2.27. The lowest BCUT2D eigenvalue weighted by Gasteiger charge is -2.15. The van der Waals surface area contributed by atoms with Crippen molar-refractivity contribution in [2.75, 3.05) is 5.32 Å². The quantitative estimate of drug-likeness (QED) is 0.788. The van der Waals surface area contributed by atoms with E-state index in [9.17, 15) is 4.79 Å². The Hall–Kier alpha value is -0.680. The van der Waals surface area contributed by atoms with Crippen LogP contribution >= 0.6 is 22.9 Å². The SMILES string of the molecule is CC(C)(C)C(=O)Nc1nnc(Cl)s1. The van der Waals surface area contributed by atoms with Gasteiger partial charge in [-0.3, -0.25) is 4.79 Å². The molecule has 13 heavy (non-hydrogen) atoms. The molecule has 1 rings (SSSR count). The van der Waals surface area contributed by atoms with Crippen molar-refractivity contribution in [2.24, 2.45) is 5.41 Å². The maximum Gasteiger partial charge on any atom is 0.231 e. The highest BCUT2D eigenvalue weighted by atomic mass is 35.5. The molecule has 6 heteroatoms. The lowest BCUT2D eigenvalue weighted by atomic mass is 9.96. The summed E-state index contributed by atoms with van der Waals surface area (Å²) in [5.74, 6) is -0.0969. The Labute approximate surface area is 85.3 Å². The van der Waals surface area contributed by atoms with E-state index in [4.69, 9.17) is 11.6 Å². The largest absolute Gasteiger partial charge is 0.300 e. The smallest absolute Gasteiger partial charge is 0.231 e. The molecule has 1 N–H and O–H groups in total. The van der Waals surface area contributed by atoms with Gasteiger partial charge in [-0.15, -0.1) is 10.2 Å². The van der Waals surface area contributed by atoms with E-state index in [0.717, 1.165) is 11.3 Å². The van der Waals surface area contributed by atoms with Gasteiger partial charge in [0.05, 0.1) is 0 Å². The highest BCUT2D eigenvalue weighted by molar-refractivity contribution is 7.19. The first-order valence-corrected chi connectivity index (χ1v) is 4.89. The van der Waals surface area contributed by atoms with Crippen LogP contribution in [-0.4, -0.2) is 16.1 Å². The molecular formula is C7H10ClN3OS. The average Bonchev–Trinajstić information content (AvgIpc) is 2.33. The number of nitrogens with zero attached hydrogens (tertiary/aromatic N) is 2. The molecule has 1 aromatic heterocycles. The standard InChI is InChI=1S/C7H10ClN3OS/c1-7(2,3)4(12)9-6-11-10-5(8)13-6/h1-3H3,(H,9,11,12). The number of anilines is 1. The molecular weight excluding hydrogens is 210 g/mol. The average molecular weight is 220 g/mol. The van der Waals surface area contributed by atoms with Crippen LogP contribution in [0, 0.1) is 5.41 Å². The Balaban J connectivity index is 2.65. The Bertz CT molecular complexity index is 318. The Kier molecular flexibility index (Phi) is 2.87. The van der Waals surface area contributed by atoms with Crippen LogP contribution in [0.2, 0.25) is 4.47 Å². The van der Waals surface area contributed by atoms with Crippen molar-refractivity contribution in [1.82, 2.24) is 10.2 Å². The van der Waals surface area contributed by atoms with Crippen LogP contribution in [0.5, 0.6) is 0 Å². The number of carbonyl (C=O) groups is 1. The van der Waals surface area contributed by atoms with Gasteiger partial charge in [0.2, 0.25) is 15.5 Å². The first kappa shape index (κ1) is 10.4. The fourth-order valence-electron chi connectivity index (χ4n) is 0.540. The zero-order valence-corrected chi connectivity index (χ0v) is 9.16. The van der Waals surface area contributed by atoms with E-state index in [1.54, 1.807) is 0 Å². The molecule has 0 saturated heterocycles. The summed E-state index contributed by atoms with van der Waals surface area (Å²) < 4.78 is 0.323. The molecule has 72 valence electrons. The minimum Gasteiger partial charge on any atom is -0.300 e. The fraction of sp³-hybridized carbons (Fsp3) is 0.571. The molecule has 0 atom stereocenters. The van der Waals surface area contributed by atoms with E-state index in [-0.39, 0.29) is 5.91 Å². The van der Waals surface area contributed by atoms with Crippen molar-refractivity contribution in [3.63, 3.8) is 0 Å². The van der Waals surface area contributed by atoms with E-state index < -0.39 is 5.41 Å². The van der Waals surface area contributed by atoms with Crippen molar-refractivity contribution in [2.45, 2.75) is 20.8 Å². The summed E-state index contributed by atoms with van der Waals surface area (Å²) in [6, 6.07) is 0. The number of aromatic nitrogens is 2. The summed E-state index contributed by atoms with van der Waals surface area (Å²) in [6.07, 6.45) is 0. The molecule has 0 radical (unpaired) electrons. The van der Waals surface area contributed by atoms with E-state index in [1.165, 1.54) is 0 Å². The van der Waals surface area contributed by atoms with Gasteiger partial charge in [0, 0.05) is 5.41 Å². The molecule has 0 unspecified atom stereocenters. The summed E-state index contributed by atoms with van der Waals surface area (Å²) in [7, 11) is 0. The second-order valence-electron chi connectivity index (χ2n) is 3.56. The van der Waals surface area contributed by atoms with Crippen molar-refractivity contribution < 1.29 is 4.79 Å². The maximum absolute atomic E-state index is 11.4. The molecule has 0 aliphatic heterocycles. The van der Waals surface area contributed by atoms with Crippen LogP contribution < -0.4 is 5.32 Å². The molecule has 0 aliphatic rings. The van der Waals surface area contributed by atoms with Gasteiger partial charge in [0.1, 0.15) is 0 Å². The first-order valence-electron chi connectivity index (χ1n) is 3.70. The molecule has 1 amide bonds. The van der Waals surface area contributed by atoms with Gasteiger partial charge in [-0.05, 0) is 11.6 Å². The number of rotatable bonds is 1. The minimum atomic E-state index is -0.432. The van der Waals surface area contributed by atoms with Gasteiger partial charge < -0.3 is 5.32 Å². The van der Waals surface area contributed by atoms with Crippen molar-refractivity contribution >= 4 is 34.0 Å². The van der Waals surface area contributed by atoms with Crippen molar-refractivity contribution in [3.8, 4) is 0 Å². The molecule has 0 spiro atoms. The number of hydrogen-bond acceptors (Lipinski definition) is 4. The monoisotopic (exact) mass is 219 g/mol. The van der Waals surface area contributed by atoms with Crippen molar-refractivity contribution in [3.05, 3.63) is 4.47 Å². The second kappa shape index (κ2) is 3.59. The maximum atomic E-state index is 11.4. The Morgan fingerprint density at radius 3 is 2.46 bits per heavy atom. The lowest BCUT2D eigenvalue weighted by molar-refractivity contribution is -0.123. The molecule has 0 saturated carbocycles. The van der Waals surface area contributed by atoms with Gasteiger partial charge in [0.15, 0.2) is 0 Å². The zero-order chi connectivity index (χ0) is 10.1. The summed E-state index contributed by atoms with van der Waals surface area (Å²) in [5, 5.41) is 10.3. The molecule has 0 aromatic carbocycles. The van der Waals surface area contributed by atoms with Crippen LogP contribution in [0.4, 0.5) is 5.13 Å². The van der Waals surface area contributed by atoms with Gasteiger partial charge >= 0.3 is 0 Å². The highest BCUT2D eigenvalue weighted by Crippen LogP contribution is 2.22. The second-order valence-corrected chi connectivity index (χ2v) is 5.12. The molecule has 0 bridgehead atoms. The van der Waals surface area contributed by atoms with Crippen LogP contribution in [0.25, 0.3) is 0 Å². The van der Waals surface area contributed by atoms with Crippen LogP contribution in [0.3, 0.4) is 0 Å². The normalized spacial score (nSPS) is 11.4. The summed E-state index contributed by atoms with van der Waals surface area (Å²) in [5.41, 5.74) is -0.432. The predicted octanol–water partition coefficient (Wildman–Crippen LogP) is 2.18. The van der Waals surface area contributed by atoms with Crippen LogP contribution in [0.1, 0.15) is 20.8 Å². The van der Waals surface area contributed by atoms with Crippen molar-refractivity contribution in [1.29, 1.82) is 0 Å². The predicted molar refractivity (Wildman–Crippen MR) is 53.0 cm³/mol. The summed E-state index contributed by atoms with van der Waals surface area (Å²) in [4.78, 5) is 11.4. The molecule has 0 aliphatic carbocycles. The van der Waals surface area contributed by atoms with Gasteiger partial charge in [-0.25, -0.2) is 0 Å². The molecule has 1 heterocycles. The Morgan fingerprint density at radius 2 is 2.08 bits per heavy atom. The van der Waals surface area contributed by atoms with Crippen LogP contribution in [0.15, 0.2) is 0 Å². The van der Waals surface area contributed by atoms with E-state index >= 15 is 0 Å². The van der Waals surface area contributed by atoms with Gasteiger partial charge in [0.25, 0.3) is 0 Å². The molecule has 4 nitrogen and oxygen atoms in total. The third-order valence-electron chi connectivity index (χ3n) is 1.30. The Morgan fingerprint density at radius 1 is 1.46 bits per heavy atom. The fourth-order valence-corrected chi connectivity index (χ4v) is 1.26. The minimum absolute atomic E-state index is 0.0969. The number of halogens is 1. The van der Waals surface area contributed by atoms with E-state index in [0.29, 0.717) is 9.60 Å². The topological polar surface area (TPSA) is 54.9 Å². The first-order chi connectivity index (χ1) is 5.89. The number of carbonyl (C=O) groups excluding carboxylic acids is 1. The molecule has 1 aromatic rings. The van der Waals surface area contributed by atoms with Crippen LogP contribution in [-0.2, 0) is 4.79 Å². The van der Waals surface area contributed by atoms with Gasteiger partial charge in [-0.2, -0.15) is 0 Å². The molecule has 0 fully saturated rings. The number of hydrogen-bond donors (Lipinski definition) is 1.